The molecule has 18 heavy (non-hydrogen) atoms. The minimum absolute atomic E-state index is 0.393. The Hall–Kier alpha value is -1.07. The fraction of sp³-hybridized carbons (Fsp3) is 0.538. The van der Waals surface area contributed by atoms with Crippen LogP contribution < -0.4 is 5.73 Å². The third-order valence-corrected chi connectivity index (χ3v) is 5.16. The molecule has 0 aromatic heterocycles. The first-order valence-corrected chi connectivity index (χ1v) is 7.67. The lowest BCUT2D eigenvalue weighted by Gasteiger charge is -2.21. The fourth-order valence-electron chi connectivity index (χ4n) is 1.42. The molecule has 2 N–H and O–H groups in total. The van der Waals surface area contributed by atoms with Gasteiger partial charge in [-0.15, -0.1) is 0 Å². The quantitative estimate of drug-likeness (QED) is 0.835. The molecule has 1 unspecified atom stereocenters. The van der Waals surface area contributed by atoms with E-state index in [9.17, 15) is 4.21 Å². The molecule has 4 nitrogen and oxygen atoms in total. The van der Waals surface area contributed by atoms with Crippen LogP contribution >= 0.6 is 0 Å². The maximum absolute atomic E-state index is 13.1. The van der Waals surface area contributed by atoms with Gasteiger partial charge < -0.3 is 5.73 Å². The van der Waals surface area contributed by atoms with Crippen molar-refractivity contribution in [1.29, 1.82) is 0 Å². The van der Waals surface area contributed by atoms with E-state index in [0.29, 0.717) is 24.7 Å². The monoisotopic (exact) mass is 269 g/mol. The van der Waals surface area contributed by atoms with E-state index in [0.717, 1.165) is 4.90 Å². The molecule has 5 heteroatoms. The van der Waals surface area contributed by atoms with Gasteiger partial charge in [0.1, 0.15) is 9.92 Å². The van der Waals surface area contributed by atoms with Crippen LogP contribution in [0.1, 0.15) is 20.8 Å². The first-order valence-electron chi connectivity index (χ1n) is 6.20. The van der Waals surface area contributed by atoms with Crippen LogP contribution in [0.3, 0.4) is 0 Å². The predicted octanol–water partition coefficient (Wildman–Crippen LogP) is 2.62. The number of anilines is 1. The van der Waals surface area contributed by atoms with Gasteiger partial charge in [0.25, 0.3) is 0 Å². The summed E-state index contributed by atoms with van der Waals surface area (Å²) >= 11 is 0. The van der Waals surface area contributed by atoms with Crippen LogP contribution in [-0.4, -0.2) is 28.7 Å². The molecule has 0 aliphatic carbocycles. The second kappa shape index (κ2) is 6.20. The summed E-state index contributed by atoms with van der Waals surface area (Å²) in [6, 6.07) is 7.13. The maximum Gasteiger partial charge on any atom is 0.139 e. The first-order chi connectivity index (χ1) is 8.40. The van der Waals surface area contributed by atoms with E-state index in [2.05, 4.69) is 18.2 Å². The molecule has 1 atom stereocenters. The minimum atomic E-state index is -2.51. The number of nitrogens with zero attached hydrogens (tertiary/aromatic N) is 2. The third kappa shape index (κ3) is 3.46. The van der Waals surface area contributed by atoms with Crippen molar-refractivity contribution in [2.24, 2.45) is 10.3 Å². The van der Waals surface area contributed by atoms with Gasteiger partial charge >= 0.3 is 0 Å². The van der Waals surface area contributed by atoms with E-state index in [1.165, 1.54) is 0 Å². The highest BCUT2D eigenvalue weighted by molar-refractivity contribution is 7.91. The third-order valence-electron chi connectivity index (χ3n) is 2.67. The van der Waals surface area contributed by atoms with Crippen molar-refractivity contribution in [1.82, 2.24) is 4.31 Å². The van der Waals surface area contributed by atoms with Crippen molar-refractivity contribution in [3.05, 3.63) is 24.3 Å². The number of benzene rings is 1. The molecule has 0 saturated heterocycles. The smallest absolute Gasteiger partial charge is 0.139 e. The van der Waals surface area contributed by atoms with Gasteiger partial charge in [-0.1, -0.05) is 20.8 Å². The summed E-state index contributed by atoms with van der Waals surface area (Å²) in [4.78, 5) is 0.724. The highest BCUT2D eigenvalue weighted by atomic mass is 32.2. The summed E-state index contributed by atoms with van der Waals surface area (Å²) in [6.45, 7) is 7.39. The fourth-order valence-corrected chi connectivity index (χ4v) is 3.47. The van der Waals surface area contributed by atoms with E-state index in [4.69, 9.17) is 5.73 Å². The molecule has 0 aliphatic heterocycles. The van der Waals surface area contributed by atoms with Crippen LogP contribution in [0.25, 0.3) is 0 Å². The molecular formula is C13H23N3OS. The molecule has 0 bridgehead atoms. The summed E-state index contributed by atoms with van der Waals surface area (Å²) in [5.74, 6) is 0.393. The molecule has 0 saturated carbocycles. The molecule has 0 amide bonds. The topological polar surface area (TPSA) is 58.7 Å². The molecule has 0 fully saturated rings. The summed E-state index contributed by atoms with van der Waals surface area (Å²) < 4.78 is 19.3. The van der Waals surface area contributed by atoms with E-state index < -0.39 is 9.92 Å². The zero-order valence-corrected chi connectivity index (χ0v) is 12.4. The number of hydrogen-bond donors (Lipinski definition) is 1. The Kier molecular flexibility index (Phi) is 5.16. The zero-order valence-electron chi connectivity index (χ0n) is 11.6. The van der Waals surface area contributed by atoms with Gasteiger partial charge in [-0.05, 0) is 30.2 Å². The Morgan fingerprint density at radius 2 is 1.89 bits per heavy atom. The summed E-state index contributed by atoms with van der Waals surface area (Å²) in [7, 11) is -0.670. The normalized spacial score (nSPS) is 14.8. The Bertz CT molecular complexity index is 487. The molecule has 0 spiro atoms. The number of rotatable bonds is 5. The molecular weight excluding hydrogens is 246 g/mol. The van der Waals surface area contributed by atoms with Gasteiger partial charge in [-0.3, -0.25) is 0 Å². The standard InChI is InChI=1S/C13H23N3OS/c1-5-16(4)18(17,15-10-11(2)3)13-8-6-12(14)7-9-13/h6-9,11H,5,10,14H2,1-4H3. The lowest BCUT2D eigenvalue weighted by atomic mass is 10.2. The number of nitrogens with two attached hydrogens (primary N) is 1. The number of hydrogen-bond acceptors (Lipinski definition) is 3. The minimum Gasteiger partial charge on any atom is -0.399 e. The van der Waals surface area contributed by atoms with Crippen molar-refractivity contribution in [2.75, 3.05) is 25.9 Å². The molecule has 102 valence electrons. The molecule has 1 aromatic rings. The molecule has 0 heterocycles. The summed E-state index contributed by atoms with van der Waals surface area (Å²) in [6.07, 6.45) is 0. The van der Waals surface area contributed by atoms with Crippen LogP contribution in [0.5, 0.6) is 0 Å². The van der Waals surface area contributed by atoms with Crippen molar-refractivity contribution < 1.29 is 4.21 Å². The van der Waals surface area contributed by atoms with Gasteiger partial charge in [0, 0.05) is 19.3 Å². The van der Waals surface area contributed by atoms with Crippen LogP contribution in [0.2, 0.25) is 0 Å². The Balaban J connectivity index is 3.25. The lowest BCUT2D eigenvalue weighted by molar-refractivity contribution is 0.533. The average Bonchev–Trinajstić information content (AvgIpc) is 2.35. The molecule has 1 aromatic carbocycles. The predicted molar refractivity (Wildman–Crippen MR) is 77.7 cm³/mol. The Morgan fingerprint density at radius 3 is 2.33 bits per heavy atom. The number of nitrogen functional groups attached to an aromatic ring is 1. The SMILES string of the molecule is CCN(C)S(=O)(=NCC(C)C)c1ccc(N)cc1. The van der Waals surface area contributed by atoms with Crippen LogP contribution in [0.4, 0.5) is 5.69 Å². The second-order valence-corrected chi connectivity index (χ2v) is 7.06. The average molecular weight is 269 g/mol. The lowest BCUT2D eigenvalue weighted by Crippen LogP contribution is -2.27. The highest BCUT2D eigenvalue weighted by Gasteiger charge is 2.17. The van der Waals surface area contributed by atoms with Gasteiger partial charge in [0.05, 0.1) is 11.4 Å². The van der Waals surface area contributed by atoms with Crippen molar-refractivity contribution in [3.8, 4) is 0 Å². The van der Waals surface area contributed by atoms with Crippen molar-refractivity contribution in [2.45, 2.75) is 25.7 Å². The van der Waals surface area contributed by atoms with Crippen molar-refractivity contribution >= 4 is 15.6 Å². The highest BCUT2D eigenvalue weighted by Crippen LogP contribution is 2.19. The molecule has 0 radical (unpaired) electrons. The molecule has 1 rings (SSSR count). The van der Waals surface area contributed by atoms with Crippen LogP contribution in [-0.2, 0) is 9.92 Å². The van der Waals surface area contributed by atoms with Gasteiger partial charge in [-0.25, -0.2) is 12.9 Å². The molecule has 0 aliphatic rings. The van der Waals surface area contributed by atoms with Gasteiger partial charge in [0.2, 0.25) is 0 Å². The van der Waals surface area contributed by atoms with Crippen molar-refractivity contribution in [3.63, 3.8) is 0 Å². The van der Waals surface area contributed by atoms with Crippen LogP contribution in [0, 0.1) is 5.92 Å². The van der Waals surface area contributed by atoms with Crippen LogP contribution in [0.15, 0.2) is 33.5 Å². The largest absolute Gasteiger partial charge is 0.399 e. The summed E-state index contributed by atoms with van der Waals surface area (Å²) in [5.41, 5.74) is 6.33. The maximum atomic E-state index is 13.1. The second-order valence-electron chi connectivity index (χ2n) is 4.72. The van der Waals surface area contributed by atoms with Gasteiger partial charge in [-0.2, -0.15) is 0 Å². The summed E-state index contributed by atoms with van der Waals surface area (Å²) in [5, 5.41) is 0. The van der Waals surface area contributed by atoms with E-state index in [-0.39, 0.29) is 0 Å². The van der Waals surface area contributed by atoms with E-state index in [1.807, 2.05) is 14.0 Å². The zero-order chi connectivity index (χ0) is 13.8. The van der Waals surface area contributed by atoms with E-state index >= 15 is 0 Å². The van der Waals surface area contributed by atoms with Gasteiger partial charge in [0.15, 0.2) is 0 Å². The first kappa shape index (κ1) is 15.0. The Morgan fingerprint density at radius 1 is 1.33 bits per heavy atom. The van der Waals surface area contributed by atoms with E-state index in [1.54, 1.807) is 28.6 Å². The Labute approximate surface area is 110 Å².